The molecule has 0 saturated carbocycles. The van der Waals surface area contributed by atoms with Gasteiger partial charge in [-0.1, -0.05) is 20.8 Å². The predicted octanol–water partition coefficient (Wildman–Crippen LogP) is 0.217. The molecule has 0 heterocycles. The molecule has 0 aromatic heterocycles. The highest BCUT2D eigenvalue weighted by Gasteiger charge is 2.18. The van der Waals surface area contributed by atoms with Gasteiger partial charge in [0.2, 0.25) is 0 Å². The van der Waals surface area contributed by atoms with E-state index in [4.69, 9.17) is 15.0 Å². The van der Waals surface area contributed by atoms with Crippen molar-refractivity contribution in [2.75, 3.05) is 6.61 Å². The lowest BCUT2D eigenvalue weighted by Crippen LogP contribution is -2.22. The molecule has 72 valence electrons. The SMILES string of the molecule is CC(C)(C)C(=O)CO.NC(=O)O. The summed E-state index contributed by atoms with van der Waals surface area (Å²) in [5.41, 5.74) is 3.65. The first-order valence-corrected chi connectivity index (χ1v) is 3.34. The second-order valence-corrected chi connectivity index (χ2v) is 3.17. The summed E-state index contributed by atoms with van der Waals surface area (Å²) < 4.78 is 0. The maximum Gasteiger partial charge on any atom is 0.402 e. The summed E-state index contributed by atoms with van der Waals surface area (Å²) in [4.78, 5) is 19.4. The molecule has 0 aliphatic heterocycles. The number of rotatable bonds is 1. The topological polar surface area (TPSA) is 101 Å². The number of hydrogen-bond acceptors (Lipinski definition) is 3. The molecule has 0 radical (unpaired) electrons. The van der Waals surface area contributed by atoms with Gasteiger partial charge in [0, 0.05) is 5.41 Å². The van der Waals surface area contributed by atoms with Gasteiger partial charge in [-0.15, -0.1) is 0 Å². The maximum absolute atomic E-state index is 10.6. The number of primary amides is 1. The Hall–Kier alpha value is -1.10. The van der Waals surface area contributed by atoms with Crippen molar-refractivity contribution in [3.63, 3.8) is 0 Å². The van der Waals surface area contributed by atoms with E-state index in [1.54, 1.807) is 20.8 Å². The number of amides is 1. The molecule has 0 aliphatic carbocycles. The van der Waals surface area contributed by atoms with Gasteiger partial charge in [0.25, 0.3) is 0 Å². The van der Waals surface area contributed by atoms with Crippen LogP contribution in [0, 0.1) is 5.41 Å². The number of carbonyl (C=O) groups is 2. The molecule has 5 heteroatoms. The first-order chi connectivity index (χ1) is 5.21. The molecule has 0 atom stereocenters. The lowest BCUT2D eigenvalue weighted by molar-refractivity contribution is -0.129. The average molecular weight is 177 g/mol. The van der Waals surface area contributed by atoms with Gasteiger partial charge in [-0.2, -0.15) is 0 Å². The lowest BCUT2D eigenvalue weighted by atomic mass is 9.91. The highest BCUT2D eigenvalue weighted by Crippen LogP contribution is 2.12. The van der Waals surface area contributed by atoms with Crippen LogP contribution in [0.25, 0.3) is 0 Å². The molecule has 1 amide bonds. The molecule has 0 bridgehead atoms. The molecule has 0 aliphatic rings. The third-order valence-corrected chi connectivity index (χ3v) is 0.980. The van der Waals surface area contributed by atoms with Crippen molar-refractivity contribution in [2.45, 2.75) is 20.8 Å². The van der Waals surface area contributed by atoms with Crippen LogP contribution in [0.4, 0.5) is 4.79 Å². The predicted molar refractivity (Wildman–Crippen MR) is 43.8 cm³/mol. The Labute approximate surface area is 71.2 Å². The number of nitrogens with two attached hydrogens (primary N) is 1. The number of carboxylic acid groups (broad SMARTS) is 1. The minimum atomic E-state index is -1.33. The number of carbonyl (C=O) groups excluding carboxylic acids is 1. The molecule has 0 spiro atoms. The molecule has 0 unspecified atom stereocenters. The van der Waals surface area contributed by atoms with Crippen molar-refractivity contribution in [3.05, 3.63) is 0 Å². The molecule has 12 heavy (non-hydrogen) atoms. The summed E-state index contributed by atoms with van der Waals surface area (Å²) >= 11 is 0. The van der Waals surface area contributed by atoms with E-state index in [0.29, 0.717) is 0 Å². The second-order valence-electron chi connectivity index (χ2n) is 3.17. The summed E-state index contributed by atoms with van der Waals surface area (Å²) in [6, 6.07) is 0. The average Bonchev–Trinajstić information content (AvgIpc) is 1.82. The van der Waals surface area contributed by atoms with E-state index in [0.717, 1.165) is 0 Å². The molecule has 0 aromatic rings. The molecular formula is C7H15NO4. The van der Waals surface area contributed by atoms with Crippen molar-refractivity contribution in [3.8, 4) is 0 Å². The summed E-state index contributed by atoms with van der Waals surface area (Å²) in [5, 5.41) is 15.5. The lowest BCUT2D eigenvalue weighted by Gasteiger charge is -2.13. The van der Waals surface area contributed by atoms with Crippen molar-refractivity contribution in [1.29, 1.82) is 0 Å². The molecule has 5 nitrogen and oxygen atoms in total. The van der Waals surface area contributed by atoms with Crippen LogP contribution in [0.1, 0.15) is 20.8 Å². The highest BCUT2D eigenvalue weighted by atomic mass is 16.4. The van der Waals surface area contributed by atoms with E-state index in [-0.39, 0.29) is 17.8 Å². The minimum absolute atomic E-state index is 0.113. The Morgan fingerprint density at radius 3 is 1.58 bits per heavy atom. The van der Waals surface area contributed by atoms with Gasteiger partial charge in [0.05, 0.1) is 0 Å². The largest absolute Gasteiger partial charge is 0.465 e. The monoisotopic (exact) mass is 177 g/mol. The van der Waals surface area contributed by atoms with Gasteiger partial charge in [-0.05, 0) is 0 Å². The second kappa shape index (κ2) is 5.54. The molecule has 4 N–H and O–H groups in total. The van der Waals surface area contributed by atoms with Crippen LogP contribution in [-0.2, 0) is 4.79 Å². The fourth-order valence-electron chi connectivity index (χ4n) is 0.237. The van der Waals surface area contributed by atoms with Crippen molar-refractivity contribution in [1.82, 2.24) is 0 Å². The van der Waals surface area contributed by atoms with Crippen LogP contribution in [0.5, 0.6) is 0 Å². The zero-order chi connectivity index (χ0) is 10.4. The molecular weight excluding hydrogens is 162 g/mol. The van der Waals surface area contributed by atoms with Crippen LogP contribution >= 0.6 is 0 Å². The van der Waals surface area contributed by atoms with Gasteiger partial charge in [0.15, 0.2) is 5.78 Å². The number of ketones is 1. The van der Waals surface area contributed by atoms with Gasteiger partial charge in [-0.3, -0.25) is 4.79 Å². The number of aliphatic hydroxyl groups is 1. The summed E-state index contributed by atoms with van der Waals surface area (Å²) in [7, 11) is 0. The molecule has 0 rings (SSSR count). The van der Waals surface area contributed by atoms with Gasteiger partial charge < -0.3 is 15.9 Å². The Bertz CT molecular complexity index is 155. The summed E-state index contributed by atoms with van der Waals surface area (Å²) in [5.74, 6) is -0.113. The van der Waals surface area contributed by atoms with E-state index in [1.165, 1.54) is 0 Å². The zero-order valence-corrected chi connectivity index (χ0v) is 7.50. The zero-order valence-electron chi connectivity index (χ0n) is 7.50. The Morgan fingerprint density at radius 2 is 1.58 bits per heavy atom. The van der Waals surface area contributed by atoms with Crippen LogP contribution in [-0.4, -0.2) is 28.7 Å². The van der Waals surface area contributed by atoms with Crippen LogP contribution in [0.15, 0.2) is 0 Å². The molecule has 0 saturated heterocycles. The van der Waals surface area contributed by atoms with Crippen LogP contribution < -0.4 is 5.73 Å². The van der Waals surface area contributed by atoms with Crippen molar-refractivity contribution in [2.24, 2.45) is 11.1 Å². The van der Waals surface area contributed by atoms with Crippen LogP contribution in [0.2, 0.25) is 0 Å². The summed E-state index contributed by atoms with van der Waals surface area (Å²) in [6.07, 6.45) is -1.33. The Morgan fingerprint density at radius 1 is 1.33 bits per heavy atom. The Kier molecular flexibility index (Phi) is 6.22. The first-order valence-electron chi connectivity index (χ1n) is 3.34. The van der Waals surface area contributed by atoms with Gasteiger partial charge in [0.1, 0.15) is 6.61 Å². The third kappa shape index (κ3) is 11.7. The third-order valence-electron chi connectivity index (χ3n) is 0.980. The quantitative estimate of drug-likeness (QED) is 0.533. The molecule has 0 aromatic carbocycles. The van der Waals surface area contributed by atoms with Crippen molar-refractivity contribution < 1.29 is 19.8 Å². The molecule has 0 fully saturated rings. The normalized spacial score (nSPS) is 9.67. The number of aliphatic hydroxyl groups excluding tert-OH is 1. The fraction of sp³-hybridized carbons (Fsp3) is 0.714. The van der Waals surface area contributed by atoms with E-state index < -0.39 is 6.09 Å². The number of Topliss-reactive ketones (excluding diaryl/α,β-unsaturated/α-hetero) is 1. The Balaban J connectivity index is 0. The highest BCUT2D eigenvalue weighted by molar-refractivity contribution is 5.84. The van der Waals surface area contributed by atoms with Gasteiger partial charge >= 0.3 is 6.09 Å². The van der Waals surface area contributed by atoms with Crippen molar-refractivity contribution >= 4 is 11.9 Å². The van der Waals surface area contributed by atoms with Gasteiger partial charge in [-0.25, -0.2) is 4.79 Å². The standard InChI is InChI=1S/C6H12O2.CH3NO2/c1-6(2,3)5(8)4-7;2-1(3)4/h7H,4H2,1-3H3;2H2,(H,3,4). The number of hydrogen-bond donors (Lipinski definition) is 3. The summed E-state index contributed by atoms with van der Waals surface area (Å²) in [6.45, 7) is 5.01. The van der Waals surface area contributed by atoms with E-state index in [2.05, 4.69) is 5.73 Å². The smallest absolute Gasteiger partial charge is 0.402 e. The minimum Gasteiger partial charge on any atom is -0.465 e. The first kappa shape index (κ1) is 13.5. The van der Waals surface area contributed by atoms with E-state index in [1.807, 2.05) is 0 Å². The van der Waals surface area contributed by atoms with Crippen LogP contribution in [0.3, 0.4) is 0 Å². The fourth-order valence-corrected chi connectivity index (χ4v) is 0.237. The van der Waals surface area contributed by atoms with E-state index >= 15 is 0 Å². The van der Waals surface area contributed by atoms with E-state index in [9.17, 15) is 4.79 Å². The maximum atomic E-state index is 10.6.